The van der Waals surface area contributed by atoms with Crippen molar-refractivity contribution in [2.75, 3.05) is 23.7 Å². The standard InChI is InChI=1S/C28H30N4O6/c33-25(23-5-1-3-17-31(23)27(35)36)29-21-13-9-19(10-14-21)7-8-20-11-15-22(16-12-20)30-26(34)24-6-2-4-18-32(24)28(37)38/h9-16,23-24H,1-6,17-18H2,(H,29,33)(H,30,34)(H,35,36)(H,37,38)/t23-,24-/m0/s1. The van der Waals surface area contributed by atoms with Crippen molar-refractivity contribution in [1.29, 1.82) is 0 Å². The number of hydrogen-bond acceptors (Lipinski definition) is 4. The number of nitrogens with zero attached hydrogens (tertiary/aromatic N) is 2. The van der Waals surface area contributed by atoms with E-state index in [1.54, 1.807) is 48.5 Å². The number of nitrogens with one attached hydrogen (secondary N) is 2. The largest absolute Gasteiger partial charge is 0.465 e. The van der Waals surface area contributed by atoms with E-state index in [2.05, 4.69) is 22.5 Å². The Bertz CT molecular complexity index is 1150. The number of carboxylic acid groups (broad SMARTS) is 2. The molecule has 2 aromatic carbocycles. The molecule has 0 saturated carbocycles. The second-order valence-electron chi connectivity index (χ2n) is 9.36. The van der Waals surface area contributed by atoms with Crippen molar-refractivity contribution in [3.05, 3.63) is 59.7 Å². The summed E-state index contributed by atoms with van der Waals surface area (Å²) < 4.78 is 0. The molecule has 2 aliphatic heterocycles. The third kappa shape index (κ3) is 6.62. The van der Waals surface area contributed by atoms with Gasteiger partial charge < -0.3 is 20.8 Å². The average Bonchev–Trinajstić information content (AvgIpc) is 2.93. The fourth-order valence-electron chi connectivity index (χ4n) is 4.74. The van der Waals surface area contributed by atoms with E-state index in [4.69, 9.17) is 0 Å². The van der Waals surface area contributed by atoms with Crippen molar-refractivity contribution in [2.24, 2.45) is 0 Å². The molecule has 0 unspecified atom stereocenters. The minimum atomic E-state index is -1.08. The van der Waals surface area contributed by atoms with Gasteiger partial charge in [0.25, 0.3) is 0 Å². The molecule has 2 saturated heterocycles. The Morgan fingerprint density at radius 1 is 0.632 bits per heavy atom. The van der Waals surface area contributed by atoms with Crippen molar-refractivity contribution in [2.45, 2.75) is 50.6 Å². The van der Waals surface area contributed by atoms with Crippen LogP contribution in [-0.4, -0.2) is 69.2 Å². The minimum Gasteiger partial charge on any atom is -0.465 e. The second-order valence-corrected chi connectivity index (χ2v) is 9.36. The molecule has 0 aliphatic carbocycles. The van der Waals surface area contributed by atoms with Crippen molar-refractivity contribution in [3.63, 3.8) is 0 Å². The first-order valence-corrected chi connectivity index (χ1v) is 12.6. The van der Waals surface area contributed by atoms with E-state index in [1.807, 2.05) is 0 Å². The van der Waals surface area contributed by atoms with Gasteiger partial charge >= 0.3 is 12.2 Å². The maximum absolute atomic E-state index is 12.6. The molecule has 2 fully saturated rings. The number of carbonyl (C=O) groups excluding carboxylic acids is 2. The fourth-order valence-corrected chi connectivity index (χ4v) is 4.74. The summed E-state index contributed by atoms with van der Waals surface area (Å²) >= 11 is 0. The second kappa shape index (κ2) is 12.1. The number of anilines is 2. The van der Waals surface area contributed by atoms with Crippen molar-refractivity contribution < 1.29 is 29.4 Å². The van der Waals surface area contributed by atoms with Crippen molar-refractivity contribution in [1.82, 2.24) is 9.80 Å². The highest BCUT2D eigenvalue weighted by molar-refractivity contribution is 5.97. The summed E-state index contributed by atoms with van der Waals surface area (Å²) in [5.41, 5.74) is 2.60. The predicted molar refractivity (Wildman–Crippen MR) is 141 cm³/mol. The van der Waals surface area contributed by atoms with Gasteiger partial charge in [0.2, 0.25) is 11.8 Å². The molecule has 10 nitrogen and oxygen atoms in total. The van der Waals surface area contributed by atoms with Crippen LogP contribution in [0.25, 0.3) is 0 Å². The lowest BCUT2D eigenvalue weighted by Crippen LogP contribution is -2.49. The quantitative estimate of drug-likeness (QED) is 0.451. The molecule has 38 heavy (non-hydrogen) atoms. The van der Waals surface area contributed by atoms with E-state index in [0.717, 1.165) is 36.8 Å². The van der Waals surface area contributed by atoms with Crippen LogP contribution in [0.2, 0.25) is 0 Å². The van der Waals surface area contributed by atoms with Gasteiger partial charge in [-0.25, -0.2) is 9.59 Å². The van der Waals surface area contributed by atoms with Crippen LogP contribution in [0.5, 0.6) is 0 Å². The molecule has 0 spiro atoms. The summed E-state index contributed by atoms with van der Waals surface area (Å²) in [7, 11) is 0. The van der Waals surface area contributed by atoms with E-state index < -0.39 is 24.3 Å². The molecular formula is C28H30N4O6. The molecule has 2 aromatic rings. The van der Waals surface area contributed by atoms with Gasteiger partial charge in [-0.2, -0.15) is 0 Å². The molecule has 198 valence electrons. The monoisotopic (exact) mass is 518 g/mol. The van der Waals surface area contributed by atoms with Gasteiger partial charge in [-0.15, -0.1) is 0 Å². The van der Waals surface area contributed by atoms with Gasteiger partial charge in [0.1, 0.15) is 12.1 Å². The highest BCUT2D eigenvalue weighted by Crippen LogP contribution is 2.21. The minimum absolute atomic E-state index is 0.336. The highest BCUT2D eigenvalue weighted by atomic mass is 16.4. The molecule has 0 radical (unpaired) electrons. The topological polar surface area (TPSA) is 139 Å². The lowest BCUT2D eigenvalue weighted by molar-refractivity contribution is -0.122. The first-order valence-electron chi connectivity index (χ1n) is 12.6. The summed E-state index contributed by atoms with van der Waals surface area (Å²) in [5.74, 6) is 5.43. The number of amides is 4. The van der Waals surface area contributed by atoms with Crippen LogP contribution in [-0.2, 0) is 9.59 Å². The maximum atomic E-state index is 12.6. The number of piperidine rings is 2. The first-order chi connectivity index (χ1) is 18.3. The van der Waals surface area contributed by atoms with Crippen molar-refractivity contribution in [3.8, 4) is 11.8 Å². The van der Waals surface area contributed by atoms with Crippen molar-refractivity contribution >= 4 is 35.4 Å². The molecule has 2 heterocycles. The Labute approximate surface area is 220 Å². The van der Waals surface area contributed by atoms with E-state index >= 15 is 0 Å². The number of likely N-dealkylation sites (tertiary alicyclic amines) is 2. The first kappa shape index (κ1) is 26.5. The van der Waals surface area contributed by atoms with Gasteiger partial charge in [0.15, 0.2) is 0 Å². The molecule has 0 bridgehead atoms. The summed E-state index contributed by atoms with van der Waals surface area (Å²) in [5, 5.41) is 24.3. The van der Waals surface area contributed by atoms with Crippen LogP contribution in [0.15, 0.2) is 48.5 Å². The normalized spacial score (nSPS) is 19.1. The number of benzene rings is 2. The van der Waals surface area contributed by atoms with Crippen LogP contribution in [0, 0.1) is 11.8 Å². The van der Waals surface area contributed by atoms with Gasteiger partial charge in [-0.05, 0) is 87.1 Å². The maximum Gasteiger partial charge on any atom is 0.407 e. The third-order valence-electron chi connectivity index (χ3n) is 6.76. The lowest BCUT2D eigenvalue weighted by atomic mass is 10.0. The summed E-state index contributed by atoms with van der Waals surface area (Å²) in [6.07, 6.45) is 1.98. The molecule has 4 N–H and O–H groups in total. The van der Waals surface area contributed by atoms with Crippen LogP contribution in [0.3, 0.4) is 0 Å². The number of carbonyl (C=O) groups is 4. The molecule has 4 rings (SSSR count). The van der Waals surface area contributed by atoms with Gasteiger partial charge in [-0.3, -0.25) is 19.4 Å². The summed E-state index contributed by atoms with van der Waals surface area (Å²) in [6, 6.07) is 12.6. The predicted octanol–water partition coefficient (Wildman–Crippen LogP) is 4.03. The Morgan fingerprint density at radius 3 is 1.34 bits per heavy atom. The summed E-state index contributed by atoms with van der Waals surface area (Å²) in [4.78, 5) is 50.4. The van der Waals surface area contributed by atoms with Crippen LogP contribution in [0.1, 0.15) is 49.7 Å². The zero-order valence-electron chi connectivity index (χ0n) is 20.9. The SMILES string of the molecule is O=C(Nc1ccc(C#Cc2ccc(NC(=O)[C@@H]3CCCCN3C(=O)O)cc2)cc1)[C@@H]1CCCCN1C(=O)O. The van der Waals surface area contributed by atoms with E-state index in [9.17, 15) is 29.4 Å². The molecule has 10 heteroatoms. The van der Waals surface area contributed by atoms with Crippen LogP contribution >= 0.6 is 0 Å². The Kier molecular flexibility index (Phi) is 8.48. The number of hydrogen-bond donors (Lipinski definition) is 4. The molecule has 4 amide bonds. The van der Waals surface area contributed by atoms with Gasteiger partial charge in [0, 0.05) is 35.6 Å². The Balaban J connectivity index is 1.32. The lowest BCUT2D eigenvalue weighted by Gasteiger charge is -2.32. The molecule has 0 aromatic heterocycles. The summed E-state index contributed by atoms with van der Waals surface area (Å²) in [6.45, 7) is 0.721. The van der Waals surface area contributed by atoms with Gasteiger partial charge in [-0.1, -0.05) is 11.8 Å². The molecular weight excluding hydrogens is 488 g/mol. The fraction of sp³-hybridized carbons (Fsp3) is 0.357. The van der Waals surface area contributed by atoms with Gasteiger partial charge in [0.05, 0.1) is 0 Å². The third-order valence-corrected chi connectivity index (χ3v) is 6.76. The zero-order chi connectivity index (χ0) is 27.1. The van der Waals surface area contributed by atoms with Crippen LogP contribution < -0.4 is 10.6 Å². The molecule has 2 atom stereocenters. The zero-order valence-corrected chi connectivity index (χ0v) is 20.9. The average molecular weight is 519 g/mol. The van der Waals surface area contributed by atoms with E-state index in [1.165, 1.54) is 9.80 Å². The Hall–Kier alpha value is -4.52. The van der Waals surface area contributed by atoms with E-state index in [-0.39, 0.29) is 11.8 Å². The smallest absolute Gasteiger partial charge is 0.407 e. The number of rotatable bonds is 4. The Morgan fingerprint density at radius 2 is 1.00 bits per heavy atom. The highest BCUT2D eigenvalue weighted by Gasteiger charge is 2.33. The van der Waals surface area contributed by atoms with Crippen LogP contribution in [0.4, 0.5) is 21.0 Å². The van der Waals surface area contributed by atoms with E-state index in [0.29, 0.717) is 37.3 Å². The molecule has 2 aliphatic rings.